The van der Waals surface area contributed by atoms with Crippen LogP contribution in [0.4, 0.5) is 13.2 Å². The maximum absolute atomic E-state index is 13.6. The second kappa shape index (κ2) is 8.20. The molecule has 0 saturated heterocycles. The number of halogens is 3. The van der Waals surface area contributed by atoms with Gasteiger partial charge >= 0.3 is 12.1 Å². The first kappa shape index (κ1) is 20.8. The maximum Gasteiger partial charge on any atom is 0.433 e. The van der Waals surface area contributed by atoms with Crippen molar-refractivity contribution in [3.05, 3.63) is 53.3 Å². The maximum atomic E-state index is 13.6. The second-order valence-electron chi connectivity index (χ2n) is 6.98. The Morgan fingerprint density at radius 3 is 2.52 bits per heavy atom. The highest BCUT2D eigenvalue weighted by Gasteiger charge is 2.36. The predicted octanol–water partition coefficient (Wildman–Crippen LogP) is 3.83. The highest BCUT2D eigenvalue weighted by molar-refractivity contribution is 5.96. The minimum Gasteiger partial charge on any atom is -0.462 e. The number of carbonyl (C=O) groups excluding carboxylic acids is 1. The van der Waals surface area contributed by atoms with Crippen LogP contribution >= 0.6 is 0 Å². The van der Waals surface area contributed by atoms with Crippen molar-refractivity contribution >= 4 is 11.6 Å². The molecule has 3 aromatic rings. The highest BCUT2D eigenvalue weighted by Crippen LogP contribution is 2.32. The lowest BCUT2D eigenvalue weighted by molar-refractivity contribution is -0.142. The van der Waals surface area contributed by atoms with Gasteiger partial charge in [-0.25, -0.2) is 14.3 Å². The average Bonchev–Trinajstić information content (AvgIpc) is 3.08. The van der Waals surface area contributed by atoms with Crippen LogP contribution in [0.1, 0.15) is 28.0 Å². The summed E-state index contributed by atoms with van der Waals surface area (Å²) in [6.07, 6.45) is -3.00. The molecule has 0 bridgehead atoms. The monoisotopic (exact) mass is 406 g/mol. The van der Waals surface area contributed by atoms with E-state index in [0.717, 1.165) is 24.4 Å². The lowest BCUT2D eigenvalue weighted by atomic mass is 10.1. The highest BCUT2D eigenvalue weighted by atomic mass is 19.4. The molecule has 0 spiro atoms. The first-order chi connectivity index (χ1) is 13.7. The molecule has 0 aliphatic rings. The average molecular weight is 406 g/mol. The van der Waals surface area contributed by atoms with E-state index in [2.05, 4.69) is 10.1 Å². The van der Waals surface area contributed by atoms with Crippen molar-refractivity contribution in [1.82, 2.24) is 19.5 Å². The zero-order chi connectivity index (χ0) is 21.2. The van der Waals surface area contributed by atoms with E-state index in [9.17, 15) is 18.0 Å². The van der Waals surface area contributed by atoms with Crippen molar-refractivity contribution in [2.45, 2.75) is 19.5 Å². The standard InChI is InChI=1S/C20H21F3N4O2/c1-13-5-7-14(8-6-13)16-11-17(20(21,22)23)27-18(25-16)15(12-24-27)19(28)29-10-4-9-26(2)3/h5-8,11-12H,4,9-10H2,1-3H3. The third-order valence-corrected chi connectivity index (χ3v) is 4.31. The molecule has 0 saturated carbocycles. The third-order valence-electron chi connectivity index (χ3n) is 4.31. The van der Waals surface area contributed by atoms with E-state index in [1.807, 2.05) is 25.9 Å². The molecule has 2 heterocycles. The fourth-order valence-electron chi connectivity index (χ4n) is 2.80. The molecule has 3 rings (SSSR count). The number of hydrogen-bond donors (Lipinski definition) is 0. The van der Waals surface area contributed by atoms with Gasteiger partial charge in [0.25, 0.3) is 0 Å². The lowest BCUT2D eigenvalue weighted by Gasteiger charge is -2.12. The first-order valence-electron chi connectivity index (χ1n) is 9.01. The lowest BCUT2D eigenvalue weighted by Crippen LogP contribution is -2.16. The van der Waals surface area contributed by atoms with Crippen LogP contribution in [0.3, 0.4) is 0 Å². The molecule has 0 aliphatic carbocycles. The van der Waals surface area contributed by atoms with E-state index in [0.29, 0.717) is 16.5 Å². The largest absolute Gasteiger partial charge is 0.462 e. The predicted molar refractivity (Wildman–Crippen MR) is 102 cm³/mol. The van der Waals surface area contributed by atoms with Crippen LogP contribution < -0.4 is 0 Å². The Morgan fingerprint density at radius 2 is 1.90 bits per heavy atom. The molecule has 0 N–H and O–H groups in total. The van der Waals surface area contributed by atoms with Gasteiger partial charge in [-0.05, 0) is 33.5 Å². The van der Waals surface area contributed by atoms with Crippen molar-refractivity contribution in [2.24, 2.45) is 0 Å². The molecule has 0 unspecified atom stereocenters. The zero-order valence-corrected chi connectivity index (χ0v) is 16.3. The minimum absolute atomic E-state index is 0.102. The first-order valence-corrected chi connectivity index (χ1v) is 9.01. The smallest absolute Gasteiger partial charge is 0.433 e. The molecule has 0 aliphatic heterocycles. The summed E-state index contributed by atoms with van der Waals surface area (Å²) >= 11 is 0. The van der Waals surface area contributed by atoms with Crippen LogP contribution in [0, 0.1) is 6.92 Å². The van der Waals surface area contributed by atoms with Crippen LogP contribution in [-0.4, -0.2) is 52.7 Å². The molecular weight excluding hydrogens is 385 g/mol. The van der Waals surface area contributed by atoms with Gasteiger partial charge in [-0.15, -0.1) is 0 Å². The summed E-state index contributed by atoms with van der Waals surface area (Å²) in [6.45, 7) is 2.75. The topological polar surface area (TPSA) is 59.7 Å². The molecule has 0 fully saturated rings. The van der Waals surface area contributed by atoms with E-state index in [1.165, 1.54) is 0 Å². The van der Waals surface area contributed by atoms with Crippen molar-refractivity contribution in [1.29, 1.82) is 0 Å². The number of hydrogen-bond acceptors (Lipinski definition) is 5. The van der Waals surface area contributed by atoms with E-state index in [4.69, 9.17) is 4.74 Å². The summed E-state index contributed by atoms with van der Waals surface area (Å²) in [7, 11) is 3.78. The molecule has 2 aromatic heterocycles. The van der Waals surface area contributed by atoms with Gasteiger partial charge in [-0.1, -0.05) is 29.8 Å². The van der Waals surface area contributed by atoms with E-state index in [1.54, 1.807) is 24.3 Å². The number of aromatic nitrogens is 3. The van der Waals surface area contributed by atoms with Crippen molar-refractivity contribution in [3.8, 4) is 11.3 Å². The summed E-state index contributed by atoms with van der Waals surface area (Å²) < 4.78 is 46.6. The summed E-state index contributed by atoms with van der Waals surface area (Å²) in [6, 6.07) is 7.86. The summed E-state index contributed by atoms with van der Waals surface area (Å²) in [5.74, 6) is -0.750. The molecule has 154 valence electrons. The number of rotatable bonds is 6. The molecule has 29 heavy (non-hydrogen) atoms. The molecule has 9 heteroatoms. The Bertz CT molecular complexity index is 1010. The number of nitrogens with zero attached hydrogens (tertiary/aromatic N) is 4. The SMILES string of the molecule is Cc1ccc(-c2cc(C(F)(F)F)n3ncc(C(=O)OCCCN(C)C)c3n2)cc1. The third kappa shape index (κ3) is 4.73. The Morgan fingerprint density at radius 1 is 1.21 bits per heavy atom. The van der Waals surface area contributed by atoms with Gasteiger partial charge in [0.05, 0.1) is 18.5 Å². The van der Waals surface area contributed by atoms with Crippen molar-refractivity contribution in [3.63, 3.8) is 0 Å². The van der Waals surface area contributed by atoms with Crippen LogP contribution in [-0.2, 0) is 10.9 Å². The van der Waals surface area contributed by atoms with Gasteiger partial charge < -0.3 is 9.64 Å². The fraction of sp³-hybridized carbons (Fsp3) is 0.350. The van der Waals surface area contributed by atoms with Gasteiger partial charge in [0.1, 0.15) is 5.56 Å². The number of alkyl halides is 3. The number of esters is 1. The molecule has 1 aromatic carbocycles. The number of carbonyl (C=O) groups is 1. The zero-order valence-electron chi connectivity index (χ0n) is 16.3. The molecule has 0 radical (unpaired) electrons. The van der Waals surface area contributed by atoms with Gasteiger partial charge in [0.15, 0.2) is 11.3 Å². The van der Waals surface area contributed by atoms with Crippen molar-refractivity contribution < 1.29 is 22.7 Å². The molecule has 0 amide bonds. The molecular formula is C20H21F3N4O2. The number of ether oxygens (including phenoxy) is 1. The van der Waals surface area contributed by atoms with Crippen LogP contribution in [0.5, 0.6) is 0 Å². The van der Waals surface area contributed by atoms with Gasteiger partial charge in [-0.2, -0.15) is 18.3 Å². The Balaban J connectivity index is 2.01. The fourth-order valence-corrected chi connectivity index (χ4v) is 2.80. The summed E-state index contributed by atoms with van der Waals surface area (Å²) in [5.41, 5.74) is 0.284. The van der Waals surface area contributed by atoms with Gasteiger partial charge in [-0.3, -0.25) is 0 Å². The Labute approximate surface area is 165 Å². The second-order valence-corrected chi connectivity index (χ2v) is 6.98. The Kier molecular flexibility index (Phi) is 5.88. The minimum atomic E-state index is -4.67. The van der Waals surface area contributed by atoms with E-state index >= 15 is 0 Å². The summed E-state index contributed by atoms with van der Waals surface area (Å²) in [4.78, 5) is 18.6. The quantitative estimate of drug-likeness (QED) is 0.460. The normalized spacial score (nSPS) is 12.0. The van der Waals surface area contributed by atoms with Crippen LogP contribution in [0.2, 0.25) is 0 Å². The van der Waals surface area contributed by atoms with E-state index < -0.39 is 17.8 Å². The summed E-state index contributed by atoms with van der Waals surface area (Å²) in [5, 5.41) is 3.74. The van der Waals surface area contributed by atoms with Crippen LogP contribution in [0.15, 0.2) is 36.5 Å². The Hall–Kier alpha value is -2.94. The number of benzene rings is 1. The van der Waals surface area contributed by atoms with Gasteiger partial charge in [0, 0.05) is 12.1 Å². The van der Waals surface area contributed by atoms with E-state index in [-0.39, 0.29) is 23.5 Å². The number of aryl methyl sites for hydroxylation is 1. The molecule has 0 atom stereocenters. The van der Waals surface area contributed by atoms with Crippen molar-refractivity contribution in [2.75, 3.05) is 27.2 Å². The number of fused-ring (bicyclic) bond motifs is 1. The van der Waals surface area contributed by atoms with Gasteiger partial charge in [0.2, 0.25) is 0 Å². The molecule has 6 nitrogen and oxygen atoms in total. The van der Waals surface area contributed by atoms with Crippen LogP contribution in [0.25, 0.3) is 16.9 Å².